The van der Waals surface area contributed by atoms with Crippen LogP contribution in [0.4, 0.5) is 0 Å². The fraction of sp³-hybridized carbons (Fsp3) is 0.294. The SMILES string of the molecule is Cc1ccc(-c2ccc(OC(C)(C)C)cc2)cc1. The van der Waals surface area contributed by atoms with Crippen molar-refractivity contribution >= 4 is 0 Å². The minimum absolute atomic E-state index is 0.147. The molecule has 0 saturated heterocycles. The summed E-state index contributed by atoms with van der Waals surface area (Å²) in [5.74, 6) is 0.915. The van der Waals surface area contributed by atoms with Gasteiger partial charge in [-0.15, -0.1) is 0 Å². The minimum atomic E-state index is -0.147. The summed E-state index contributed by atoms with van der Waals surface area (Å²) in [6.45, 7) is 8.27. The Hall–Kier alpha value is -1.76. The van der Waals surface area contributed by atoms with E-state index in [9.17, 15) is 0 Å². The molecule has 0 aliphatic heterocycles. The van der Waals surface area contributed by atoms with Crippen molar-refractivity contribution in [2.45, 2.75) is 33.3 Å². The highest BCUT2D eigenvalue weighted by Crippen LogP contribution is 2.24. The number of hydrogen-bond acceptors (Lipinski definition) is 1. The van der Waals surface area contributed by atoms with E-state index in [0.29, 0.717) is 0 Å². The van der Waals surface area contributed by atoms with Crippen LogP contribution in [0.5, 0.6) is 5.75 Å². The molecule has 0 aliphatic carbocycles. The topological polar surface area (TPSA) is 9.23 Å². The number of aryl methyl sites for hydroxylation is 1. The largest absolute Gasteiger partial charge is 0.488 e. The summed E-state index contributed by atoms with van der Waals surface area (Å²) in [7, 11) is 0. The molecule has 2 aromatic carbocycles. The van der Waals surface area contributed by atoms with Gasteiger partial charge in [0.25, 0.3) is 0 Å². The third-order valence-electron chi connectivity index (χ3n) is 2.66. The average Bonchev–Trinajstić information content (AvgIpc) is 2.29. The van der Waals surface area contributed by atoms with Crippen molar-refractivity contribution in [2.75, 3.05) is 0 Å². The molecule has 1 heteroatoms. The van der Waals surface area contributed by atoms with E-state index in [4.69, 9.17) is 4.74 Å². The summed E-state index contributed by atoms with van der Waals surface area (Å²) in [4.78, 5) is 0. The fourth-order valence-corrected chi connectivity index (χ4v) is 1.81. The molecule has 2 rings (SSSR count). The Bertz CT molecular complexity index is 501. The molecule has 0 aliphatic rings. The van der Waals surface area contributed by atoms with Crippen molar-refractivity contribution in [3.63, 3.8) is 0 Å². The molecule has 18 heavy (non-hydrogen) atoms. The average molecular weight is 240 g/mol. The van der Waals surface area contributed by atoms with Gasteiger partial charge in [-0.3, -0.25) is 0 Å². The van der Waals surface area contributed by atoms with Crippen LogP contribution in [0.1, 0.15) is 26.3 Å². The molecule has 0 spiro atoms. The third-order valence-corrected chi connectivity index (χ3v) is 2.66. The van der Waals surface area contributed by atoms with Gasteiger partial charge in [-0.2, -0.15) is 0 Å². The van der Waals surface area contributed by atoms with Crippen molar-refractivity contribution in [1.29, 1.82) is 0 Å². The maximum atomic E-state index is 5.81. The van der Waals surface area contributed by atoms with Crippen LogP contribution in [0, 0.1) is 6.92 Å². The zero-order chi connectivity index (χ0) is 13.2. The molecular formula is C17H20O. The van der Waals surface area contributed by atoms with Crippen LogP contribution >= 0.6 is 0 Å². The molecule has 0 unspecified atom stereocenters. The van der Waals surface area contributed by atoms with Gasteiger partial charge >= 0.3 is 0 Å². The van der Waals surface area contributed by atoms with Crippen LogP contribution in [0.3, 0.4) is 0 Å². The zero-order valence-corrected chi connectivity index (χ0v) is 11.5. The highest BCUT2D eigenvalue weighted by Gasteiger charge is 2.11. The first-order valence-electron chi connectivity index (χ1n) is 6.30. The smallest absolute Gasteiger partial charge is 0.120 e. The number of rotatable bonds is 2. The minimum Gasteiger partial charge on any atom is -0.488 e. The van der Waals surface area contributed by atoms with E-state index in [2.05, 4.69) is 64.1 Å². The maximum Gasteiger partial charge on any atom is 0.120 e. The lowest BCUT2D eigenvalue weighted by Gasteiger charge is -2.21. The van der Waals surface area contributed by atoms with E-state index in [0.717, 1.165) is 5.75 Å². The van der Waals surface area contributed by atoms with Gasteiger partial charge in [0, 0.05) is 0 Å². The van der Waals surface area contributed by atoms with E-state index < -0.39 is 0 Å². The van der Waals surface area contributed by atoms with Crippen molar-refractivity contribution in [1.82, 2.24) is 0 Å². The predicted octanol–water partition coefficient (Wildman–Crippen LogP) is 4.84. The van der Waals surface area contributed by atoms with Gasteiger partial charge in [0.15, 0.2) is 0 Å². The lowest BCUT2D eigenvalue weighted by Crippen LogP contribution is -2.22. The van der Waals surface area contributed by atoms with Crippen molar-refractivity contribution < 1.29 is 4.74 Å². The lowest BCUT2D eigenvalue weighted by molar-refractivity contribution is 0.131. The Morgan fingerprint density at radius 3 is 1.61 bits per heavy atom. The second-order valence-electron chi connectivity index (χ2n) is 5.60. The van der Waals surface area contributed by atoms with E-state index in [-0.39, 0.29) is 5.60 Å². The van der Waals surface area contributed by atoms with Gasteiger partial charge in [-0.1, -0.05) is 42.0 Å². The Labute approximate surface area is 109 Å². The third kappa shape index (κ3) is 3.36. The van der Waals surface area contributed by atoms with Crippen LogP contribution in [0.2, 0.25) is 0 Å². The van der Waals surface area contributed by atoms with Crippen molar-refractivity contribution in [2.24, 2.45) is 0 Å². The fourth-order valence-electron chi connectivity index (χ4n) is 1.81. The zero-order valence-electron chi connectivity index (χ0n) is 11.5. The van der Waals surface area contributed by atoms with Gasteiger partial charge in [0.05, 0.1) is 0 Å². The number of hydrogen-bond donors (Lipinski definition) is 0. The van der Waals surface area contributed by atoms with Gasteiger partial charge in [0.2, 0.25) is 0 Å². The molecule has 0 radical (unpaired) electrons. The summed E-state index contributed by atoms with van der Waals surface area (Å²) in [6, 6.07) is 16.8. The Balaban J connectivity index is 2.20. The summed E-state index contributed by atoms with van der Waals surface area (Å²) in [5.41, 5.74) is 3.59. The first kappa shape index (κ1) is 12.7. The predicted molar refractivity (Wildman–Crippen MR) is 77.0 cm³/mol. The molecule has 0 aromatic heterocycles. The molecule has 0 atom stereocenters. The molecule has 2 aromatic rings. The second-order valence-corrected chi connectivity index (χ2v) is 5.60. The monoisotopic (exact) mass is 240 g/mol. The standard InChI is InChI=1S/C17H20O/c1-13-5-7-14(8-6-13)15-9-11-16(12-10-15)18-17(2,3)4/h5-12H,1-4H3. The van der Waals surface area contributed by atoms with Crippen LogP contribution in [0.15, 0.2) is 48.5 Å². The first-order chi connectivity index (χ1) is 8.44. The Morgan fingerprint density at radius 1 is 0.722 bits per heavy atom. The molecule has 94 valence electrons. The lowest BCUT2D eigenvalue weighted by atomic mass is 10.0. The van der Waals surface area contributed by atoms with Gasteiger partial charge in [-0.25, -0.2) is 0 Å². The van der Waals surface area contributed by atoms with Crippen molar-refractivity contribution in [3.05, 3.63) is 54.1 Å². The van der Waals surface area contributed by atoms with Gasteiger partial charge in [0.1, 0.15) is 11.4 Å². The van der Waals surface area contributed by atoms with Gasteiger partial charge < -0.3 is 4.74 Å². The summed E-state index contributed by atoms with van der Waals surface area (Å²) < 4.78 is 5.81. The van der Waals surface area contributed by atoms with E-state index in [1.165, 1.54) is 16.7 Å². The highest BCUT2D eigenvalue weighted by molar-refractivity contribution is 5.64. The summed E-state index contributed by atoms with van der Waals surface area (Å²) >= 11 is 0. The van der Waals surface area contributed by atoms with Crippen LogP contribution in [-0.4, -0.2) is 5.60 Å². The van der Waals surface area contributed by atoms with Crippen LogP contribution in [-0.2, 0) is 0 Å². The van der Waals surface area contributed by atoms with E-state index in [1.54, 1.807) is 0 Å². The Kier molecular flexibility index (Phi) is 3.42. The van der Waals surface area contributed by atoms with Crippen LogP contribution in [0.25, 0.3) is 11.1 Å². The first-order valence-corrected chi connectivity index (χ1v) is 6.30. The highest BCUT2D eigenvalue weighted by atomic mass is 16.5. The summed E-state index contributed by atoms with van der Waals surface area (Å²) in [5, 5.41) is 0. The molecule has 0 saturated carbocycles. The maximum absolute atomic E-state index is 5.81. The molecule has 0 N–H and O–H groups in total. The number of benzene rings is 2. The second kappa shape index (κ2) is 4.85. The Morgan fingerprint density at radius 2 is 1.17 bits per heavy atom. The molecular weight excluding hydrogens is 220 g/mol. The van der Waals surface area contributed by atoms with Crippen LogP contribution < -0.4 is 4.74 Å². The summed E-state index contributed by atoms with van der Waals surface area (Å²) in [6.07, 6.45) is 0. The normalized spacial score (nSPS) is 11.3. The number of ether oxygens (including phenoxy) is 1. The van der Waals surface area contributed by atoms with Crippen molar-refractivity contribution in [3.8, 4) is 16.9 Å². The molecule has 1 nitrogen and oxygen atoms in total. The molecule has 0 bridgehead atoms. The quantitative estimate of drug-likeness (QED) is 0.730. The van der Waals surface area contributed by atoms with Gasteiger partial charge in [-0.05, 0) is 51.0 Å². The van der Waals surface area contributed by atoms with E-state index >= 15 is 0 Å². The molecule has 0 heterocycles. The molecule has 0 amide bonds. The van der Waals surface area contributed by atoms with E-state index in [1.807, 2.05) is 12.1 Å². The molecule has 0 fully saturated rings.